The van der Waals surface area contributed by atoms with Crippen molar-refractivity contribution in [2.24, 2.45) is 5.92 Å². The maximum Gasteiger partial charge on any atom is 0.302 e. The summed E-state index contributed by atoms with van der Waals surface area (Å²) in [6, 6.07) is 0. The van der Waals surface area contributed by atoms with Crippen LogP contribution in [0.1, 0.15) is 39.0 Å². The molecular weight excluding hydrogens is 208 g/mol. The summed E-state index contributed by atoms with van der Waals surface area (Å²) in [5.74, 6) is 0.253. The Morgan fingerprint density at radius 3 is 3.06 bits per heavy atom. The van der Waals surface area contributed by atoms with Crippen LogP contribution >= 0.6 is 0 Å². The van der Waals surface area contributed by atoms with Crippen molar-refractivity contribution in [3.05, 3.63) is 0 Å². The molecule has 3 fully saturated rings. The number of rotatable bonds is 1. The van der Waals surface area contributed by atoms with E-state index in [1.165, 1.54) is 6.92 Å². The highest BCUT2D eigenvalue weighted by atomic mass is 16.6. The predicted octanol–water partition coefficient (Wildman–Crippen LogP) is 1.22. The zero-order valence-electron chi connectivity index (χ0n) is 9.40. The monoisotopic (exact) mass is 224 g/mol. The van der Waals surface area contributed by atoms with Gasteiger partial charge in [0.2, 0.25) is 0 Å². The molecule has 88 valence electrons. The predicted molar refractivity (Wildman–Crippen MR) is 54.7 cm³/mol. The third-order valence-electron chi connectivity index (χ3n) is 4.17. The highest BCUT2D eigenvalue weighted by molar-refractivity contribution is 5.88. The maximum atomic E-state index is 11.6. The van der Waals surface area contributed by atoms with E-state index in [1.807, 2.05) is 0 Å². The molecular formula is C12H16O4. The standard InChI is InChI=1S/C12H16O4/c1-7(13)15-10-3-2-6-12-8(10)4-5-9(14)11(12)16-12/h8,10-11H,2-6H2,1H3/t8-,10-,11+,12-/m1/s1. The lowest BCUT2D eigenvalue weighted by molar-refractivity contribution is -0.153. The summed E-state index contributed by atoms with van der Waals surface area (Å²) in [6.07, 6.45) is 4.01. The van der Waals surface area contributed by atoms with Crippen molar-refractivity contribution in [1.29, 1.82) is 0 Å². The van der Waals surface area contributed by atoms with Crippen LogP contribution in [0.5, 0.6) is 0 Å². The van der Waals surface area contributed by atoms with Crippen molar-refractivity contribution in [2.75, 3.05) is 0 Å². The molecule has 2 aliphatic carbocycles. The van der Waals surface area contributed by atoms with Crippen LogP contribution in [0.25, 0.3) is 0 Å². The molecule has 0 aromatic heterocycles. The Balaban J connectivity index is 1.80. The van der Waals surface area contributed by atoms with Crippen molar-refractivity contribution < 1.29 is 19.1 Å². The summed E-state index contributed by atoms with van der Waals surface area (Å²) in [7, 11) is 0. The van der Waals surface area contributed by atoms with E-state index >= 15 is 0 Å². The molecule has 2 saturated carbocycles. The summed E-state index contributed by atoms with van der Waals surface area (Å²) in [6.45, 7) is 1.44. The summed E-state index contributed by atoms with van der Waals surface area (Å²) in [4.78, 5) is 22.6. The molecule has 0 amide bonds. The minimum atomic E-state index is -0.256. The molecule has 3 aliphatic rings. The second kappa shape index (κ2) is 3.29. The zero-order valence-corrected chi connectivity index (χ0v) is 9.40. The van der Waals surface area contributed by atoms with Gasteiger partial charge in [0, 0.05) is 19.3 Å². The van der Waals surface area contributed by atoms with Crippen molar-refractivity contribution in [2.45, 2.75) is 56.8 Å². The van der Waals surface area contributed by atoms with Crippen LogP contribution in [0.3, 0.4) is 0 Å². The van der Waals surface area contributed by atoms with Gasteiger partial charge >= 0.3 is 5.97 Å². The van der Waals surface area contributed by atoms with Gasteiger partial charge in [0.15, 0.2) is 5.78 Å². The molecule has 0 aromatic carbocycles. The van der Waals surface area contributed by atoms with Gasteiger partial charge in [-0.1, -0.05) is 0 Å². The number of epoxide rings is 1. The van der Waals surface area contributed by atoms with Gasteiger partial charge in [-0.2, -0.15) is 0 Å². The quantitative estimate of drug-likeness (QED) is 0.496. The van der Waals surface area contributed by atoms with E-state index in [4.69, 9.17) is 9.47 Å². The molecule has 1 saturated heterocycles. The van der Waals surface area contributed by atoms with Crippen LogP contribution in [0.4, 0.5) is 0 Å². The molecule has 3 rings (SSSR count). The molecule has 1 spiro atoms. The zero-order chi connectivity index (χ0) is 11.3. The van der Waals surface area contributed by atoms with Gasteiger partial charge in [-0.05, 0) is 25.7 Å². The molecule has 0 unspecified atom stereocenters. The van der Waals surface area contributed by atoms with Crippen molar-refractivity contribution >= 4 is 11.8 Å². The second-order valence-corrected chi connectivity index (χ2v) is 5.10. The van der Waals surface area contributed by atoms with Crippen LogP contribution in [0.2, 0.25) is 0 Å². The highest BCUT2D eigenvalue weighted by Gasteiger charge is 2.69. The number of ketones is 1. The molecule has 0 radical (unpaired) electrons. The Labute approximate surface area is 94.3 Å². The van der Waals surface area contributed by atoms with E-state index in [-0.39, 0.29) is 35.5 Å². The average Bonchev–Trinajstić information content (AvgIpc) is 2.92. The first kappa shape index (κ1) is 10.3. The van der Waals surface area contributed by atoms with Crippen LogP contribution in [-0.2, 0) is 19.1 Å². The van der Waals surface area contributed by atoms with Crippen LogP contribution < -0.4 is 0 Å². The van der Waals surface area contributed by atoms with Crippen LogP contribution in [-0.4, -0.2) is 29.6 Å². The van der Waals surface area contributed by atoms with E-state index in [0.29, 0.717) is 6.42 Å². The van der Waals surface area contributed by atoms with Crippen molar-refractivity contribution in [3.8, 4) is 0 Å². The fourth-order valence-electron chi connectivity index (χ4n) is 3.49. The fraction of sp³-hybridized carbons (Fsp3) is 0.833. The first-order chi connectivity index (χ1) is 7.63. The van der Waals surface area contributed by atoms with E-state index in [0.717, 1.165) is 25.7 Å². The molecule has 0 bridgehead atoms. The minimum absolute atomic E-state index is 0.0376. The molecule has 4 heteroatoms. The van der Waals surface area contributed by atoms with E-state index < -0.39 is 0 Å². The third-order valence-corrected chi connectivity index (χ3v) is 4.17. The Bertz CT molecular complexity index is 351. The van der Waals surface area contributed by atoms with Crippen molar-refractivity contribution in [1.82, 2.24) is 0 Å². The van der Waals surface area contributed by atoms with Gasteiger partial charge in [-0.25, -0.2) is 0 Å². The third kappa shape index (κ3) is 1.32. The second-order valence-electron chi connectivity index (χ2n) is 5.10. The van der Waals surface area contributed by atoms with Gasteiger partial charge in [0.05, 0.1) is 0 Å². The molecule has 4 nitrogen and oxygen atoms in total. The lowest BCUT2D eigenvalue weighted by Crippen LogP contribution is -2.46. The largest absolute Gasteiger partial charge is 0.462 e. The molecule has 1 aliphatic heterocycles. The van der Waals surface area contributed by atoms with Gasteiger partial charge in [0.1, 0.15) is 17.8 Å². The van der Waals surface area contributed by atoms with Crippen molar-refractivity contribution in [3.63, 3.8) is 0 Å². The Morgan fingerprint density at radius 1 is 1.50 bits per heavy atom. The average molecular weight is 224 g/mol. The number of Topliss-reactive ketones (excluding diaryl/α,β-unsaturated/α-hetero) is 1. The van der Waals surface area contributed by atoms with Gasteiger partial charge in [-0.3, -0.25) is 9.59 Å². The number of carbonyl (C=O) groups is 2. The molecule has 1 heterocycles. The number of ether oxygens (including phenoxy) is 2. The van der Waals surface area contributed by atoms with E-state index in [2.05, 4.69) is 0 Å². The van der Waals surface area contributed by atoms with Gasteiger partial charge in [-0.15, -0.1) is 0 Å². The Kier molecular flexibility index (Phi) is 2.11. The van der Waals surface area contributed by atoms with Crippen LogP contribution in [0, 0.1) is 5.92 Å². The summed E-state index contributed by atoms with van der Waals surface area (Å²) in [5.41, 5.74) is -0.256. The number of carbonyl (C=O) groups excluding carboxylic acids is 2. The topological polar surface area (TPSA) is 55.9 Å². The maximum absolute atomic E-state index is 11.6. The number of hydrogen-bond acceptors (Lipinski definition) is 4. The summed E-state index contributed by atoms with van der Waals surface area (Å²) >= 11 is 0. The SMILES string of the molecule is CC(=O)O[C@@H]1CCC[C@]23O[C@H]2C(=O)CC[C@H]13. The highest BCUT2D eigenvalue weighted by Crippen LogP contribution is 2.57. The lowest BCUT2D eigenvalue weighted by Gasteiger charge is -2.37. The van der Waals surface area contributed by atoms with Crippen LogP contribution in [0.15, 0.2) is 0 Å². The molecule has 0 N–H and O–H groups in total. The summed E-state index contributed by atoms with van der Waals surface area (Å²) < 4.78 is 11.0. The minimum Gasteiger partial charge on any atom is -0.462 e. The van der Waals surface area contributed by atoms with E-state index in [9.17, 15) is 9.59 Å². The van der Waals surface area contributed by atoms with Gasteiger partial charge < -0.3 is 9.47 Å². The molecule has 16 heavy (non-hydrogen) atoms. The lowest BCUT2D eigenvalue weighted by atomic mass is 9.68. The molecule has 4 atom stereocenters. The summed E-state index contributed by atoms with van der Waals surface area (Å²) in [5, 5.41) is 0. The normalized spacial score (nSPS) is 45.6. The first-order valence-electron chi connectivity index (χ1n) is 6.01. The smallest absolute Gasteiger partial charge is 0.302 e. The number of esters is 1. The first-order valence-corrected chi connectivity index (χ1v) is 6.01. The Morgan fingerprint density at radius 2 is 2.31 bits per heavy atom. The van der Waals surface area contributed by atoms with Gasteiger partial charge in [0.25, 0.3) is 0 Å². The molecule has 0 aromatic rings. The number of hydrogen-bond donors (Lipinski definition) is 0. The Hall–Kier alpha value is -0.900. The fourth-order valence-corrected chi connectivity index (χ4v) is 3.49. The van der Waals surface area contributed by atoms with E-state index in [1.54, 1.807) is 0 Å².